The predicted octanol–water partition coefficient (Wildman–Crippen LogP) is 3.79. The molecular weight excluding hydrogens is 448 g/mol. The number of benzene rings is 1. The molecule has 0 N–H and O–H groups in total. The lowest BCUT2D eigenvalue weighted by atomic mass is 9.97. The van der Waals surface area contributed by atoms with Crippen LogP contribution in [0.15, 0.2) is 12.1 Å². The maximum atomic E-state index is 13.0. The van der Waals surface area contributed by atoms with E-state index in [1.807, 2.05) is 6.92 Å². The minimum absolute atomic E-state index is 0.0702. The highest BCUT2D eigenvalue weighted by Crippen LogP contribution is 2.37. The zero-order valence-electron chi connectivity index (χ0n) is 20.0. The number of rotatable bonds is 11. The SMILES string of the molecule is CCCCOc1c(Cl)cc(C(=O)N(C)CC(=O)N2CCC(C(=O)OCC)CC2)cc1OCC. The summed E-state index contributed by atoms with van der Waals surface area (Å²) in [6.07, 6.45) is 2.99. The van der Waals surface area contributed by atoms with Gasteiger partial charge in [0, 0.05) is 25.7 Å². The van der Waals surface area contributed by atoms with Gasteiger partial charge >= 0.3 is 5.97 Å². The highest BCUT2D eigenvalue weighted by molar-refractivity contribution is 6.32. The van der Waals surface area contributed by atoms with Crippen LogP contribution < -0.4 is 9.47 Å². The van der Waals surface area contributed by atoms with Gasteiger partial charge < -0.3 is 24.0 Å². The molecule has 9 heteroatoms. The Hall–Kier alpha value is -2.48. The van der Waals surface area contributed by atoms with E-state index in [0.29, 0.717) is 67.8 Å². The first kappa shape index (κ1) is 26.8. The molecule has 1 aromatic rings. The van der Waals surface area contributed by atoms with Crippen molar-refractivity contribution < 1.29 is 28.6 Å². The third-order valence-corrected chi connectivity index (χ3v) is 5.77. The van der Waals surface area contributed by atoms with E-state index >= 15 is 0 Å². The standard InChI is InChI=1S/C24H35ClN2O6/c1-5-8-13-33-22-19(25)14-18(15-20(22)31-6-2)23(29)26(4)16-21(28)27-11-9-17(10-12-27)24(30)32-7-3/h14-15,17H,5-13,16H2,1-4H3. The zero-order chi connectivity index (χ0) is 24.4. The number of nitrogens with zero attached hydrogens (tertiary/aromatic N) is 2. The van der Waals surface area contributed by atoms with Crippen LogP contribution in [0.4, 0.5) is 0 Å². The molecule has 0 aliphatic carbocycles. The Balaban J connectivity index is 2.01. The van der Waals surface area contributed by atoms with Gasteiger partial charge in [-0.25, -0.2) is 0 Å². The second-order valence-electron chi connectivity index (χ2n) is 7.99. The Morgan fingerprint density at radius 3 is 2.39 bits per heavy atom. The number of amides is 2. The van der Waals surface area contributed by atoms with Crippen LogP contribution in [0.2, 0.25) is 5.02 Å². The van der Waals surface area contributed by atoms with Gasteiger partial charge in [-0.15, -0.1) is 0 Å². The lowest BCUT2D eigenvalue weighted by Crippen LogP contribution is -2.45. The molecule has 0 atom stereocenters. The van der Waals surface area contributed by atoms with Crippen molar-refractivity contribution in [2.24, 2.45) is 5.92 Å². The second kappa shape index (κ2) is 13.3. The normalized spacial score (nSPS) is 14.0. The fourth-order valence-corrected chi connectivity index (χ4v) is 3.90. The van der Waals surface area contributed by atoms with Gasteiger partial charge in [0.25, 0.3) is 5.91 Å². The summed E-state index contributed by atoms with van der Waals surface area (Å²) in [5.74, 6) is -0.0555. The number of piperidine rings is 1. The predicted molar refractivity (Wildman–Crippen MR) is 126 cm³/mol. The number of hydrogen-bond donors (Lipinski definition) is 0. The summed E-state index contributed by atoms with van der Waals surface area (Å²) in [5.41, 5.74) is 0.322. The van der Waals surface area contributed by atoms with E-state index in [2.05, 4.69) is 6.92 Å². The van der Waals surface area contributed by atoms with Crippen LogP contribution in [-0.4, -0.2) is 74.1 Å². The van der Waals surface area contributed by atoms with E-state index in [1.54, 1.807) is 31.0 Å². The van der Waals surface area contributed by atoms with Gasteiger partial charge in [0.05, 0.1) is 37.3 Å². The summed E-state index contributed by atoms with van der Waals surface area (Å²) in [6, 6.07) is 3.14. The molecular formula is C24H35ClN2O6. The smallest absolute Gasteiger partial charge is 0.309 e. The van der Waals surface area contributed by atoms with Crippen molar-refractivity contribution >= 4 is 29.4 Å². The van der Waals surface area contributed by atoms with Gasteiger partial charge in [-0.05, 0) is 45.2 Å². The van der Waals surface area contributed by atoms with Crippen molar-refractivity contribution in [3.63, 3.8) is 0 Å². The summed E-state index contributed by atoms with van der Waals surface area (Å²) in [5, 5.41) is 0.293. The Labute approximate surface area is 201 Å². The van der Waals surface area contributed by atoms with Crippen molar-refractivity contribution in [2.75, 3.05) is 46.5 Å². The molecule has 8 nitrogen and oxygen atoms in total. The molecule has 2 amide bonds. The van der Waals surface area contributed by atoms with Crippen molar-refractivity contribution in [3.05, 3.63) is 22.7 Å². The van der Waals surface area contributed by atoms with Gasteiger partial charge in [-0.2, -0.15) is 0 Å². The van der Waals surface area contributed by atoms with Crippen LogP contribution in [0.3, 0.4) is 0 Å². The second-order valence-corrected chi connectivity index (χ2v) is 8.40. The monoisotopic (exact) mass is 482 g/mol. The Bertz CT molecular complexity index is 823. The summed E-state index contributed by atoms with van der Waals surface area (Å²) in [4.78, 5) is 40.7. The van der Waals surface area contributed by atoms with Gasteiger partial charge in [0.15, 0.2) is 11.5 Å². The van der Waals surface area contributed by atoms with Crippen LogP contribution in [-0.2, 0) is 14.3 Å². The number of likely N-dealkylation sites (tertiary alicyclic amines) is 1. The van der Waals surface area contributed by atoms with E-state index < -0.39 is 0 Å². The lowest BCUT2D eigenvalue weighted by molar-refractivity contribution is -0.151. The molecule has 1 fully saturated rings. The number of carbonyl (C=O) groups excluding carboxylic acids is 3. The Morgan fingerprint density at radius 1 is 1.09 bits per heavy atom. The van der Waals surface area contributed by atoms with Crippen LogP contribution in [0, 0.1) is 5.92 Å². The molecule has 1 aliphatic heterocycles. The average molecular weight is 483 g/mol. The molecule has 0 saturated carbocycles. The van der Waals surface area contributed by atoms with Gasteiger partial charge in [0.1, 0.15) is 0 Å². The number of esters is 1. The molecule has 184 valence electrons. The minimum atomic E-state index is -0.340. The number of unbranched alkanes of at least 4 members (excludes halogenated alkanes) is 1. The fraction of sp³-hybridized carbons (Fsp3) is 0.625. The Kier molecular flexibility index (Phi) is 10.8. The van der Waals surface area contributed by atoms with Crippen molar-refractivity contribution in [1.82, 2.24) is 9.80 Å². The van der Waals surface area contributed by atoms with Crippen LogP contribution in [0.1, 0.15) is 56.8 Å². The van der Waals surface area contributed by atoms with Gasteiger partial charge in [-0.1, -0.05) is 24.9 Å². The van der Waals surface area contributed by atoms with Crippen molar-refractivity contribution in [1.29, 1.82) is 0 Å². The minimum Gasteiger partial charge on any atom is -0.490 e. The first-order valence-corrected chi connectivity index (χ1v) is 12.0. The summed E-state index contributed by atoms with van der Waals surface area (Å²) in [7, 11) is 1.57. The summed E-state index contributed by atoms with van der Waals surface area (Å²) in [6.45, 7) is 7.80. The van der Waals surface area contributed by atoms with E-state index in [4.69, 9.17) is 25.8 Å². The molecule has 1 saturated heterocycles. The molecule has 1 aliphatic rings. The number of halogens is 1. The third-order valence-electron chi connectivity index (χ3n) is 5.49. The lowest BCUT2D eigenvalue weighted by Gasteiger charge is -2.32. The van der Waals surface area contributed by atoms with Crippen molar-refractivity contribution in [2.45, 2.75) is 46.5 Å². The summed E-state index contributed by atoms with van der Waals surface area (Å²) >= 11 is 6.40. The highest BCUT2D eigenvalue weighted by Gasteiger charge is 2.29. The maximum absolute atomic E-state index is 13.0. The molecule has 0 aromatic heterocycles. The maximum Gasteiger partial charge on any atom is 0.309 e. The van der Waals surface area contributed by atoms with E-state index in [9.17, 15) is 14.4 Å². The largest absolute Gasteiger partial charge is 0.490 e. The molecule has 0 bridgehead atoms. The number of carbonyl (C=O) groups is 3. The van der Waals surface area contributed by atoms with Gasteiger partial charge in [-0.3, -0.25) is 14.4 Å². The molecule has 0 radical (unpaired) electrons. The molecule has 33 heavy (non-hydrogen) atoms. The first-order valence-electron chi connectivity index (χ1n) is 11.6. The Morgan fingerprint density at radius 2 is 1.79 bits per heavy atom. The average Bonchev–Trinajstić information content (AvgIpc) is 2.80. The topological polar surface area (TPSA) is 85.4 Å². The van der Waals surface area contributed by atoms with Gasteiger partial charge in [0.2, 0.25) is 5.91 Å². The summed E-state index contributed by atoms with van der Waals surface area (Å²) < 4.78 is 16.5. The highest BCUT2D eigenvalue weighted by atomic mass is 35.5. The van der Waals surface area contributed by atoms with E-state index in [1.165, 1.54) is 4.90 Å². The van der Waals surface area contributed by atoms with Crippen molar-refractivity contribution in [3.8, 4) is 11.5 Å². The number of ether oxygens (including phenoxy) is 3. The molecule has 1 aromatic carbocycles. The fourth-order valence-electron chi connectivity index (χ4n) is 3.63. The zero-order valence-corrected chi connectivity index (χ0v) is 20.8. The van der Waals surface area contributed by atoms with E-state index in [0.717, 1.165) is 12.8 Å². The molecule has 0 unspecified atom stereocenters. The van der Waals surface area contributed by atoms with Crippen LogP contribution in [0.25, 0.3) is 0 Å². The molecule has 2 rings (SSSR count). The molecule has 1 heterocycles. The van der Waals surface area contributed by atoms with Crippen LogP contribution >= 0.6 is 11.6 Å². The van der Waals surface area contributed by atoms with Crippen LogP contribution in [0.5, 0.6) is 11.5 Å². The number of likely N-dealkylation sites (N-methyl/N-ethyl adjacent to an activating group) is 1. The molecule has 0 spiro atoms. The quantitative estimate of drug-likeness (QED) is 0.352. The third kappa shape index (κ3) is 7.52. The van der Waals surface area contributed by atoms with E-state index in [-0.39, 0.29) is 30.2 Å². The first-order chi connectivity index (χ1) is 15.8. The number of hydrogen-bond acceptors (Lipinski definition) is 6.